The number of hydrogen-bond donors (Lipinski definition) is 2. The van der Waals surface area contributed by atoms with Gasteiger partial charge in [0.05, 0.1) is 38.6 Å². The van der Waals surface area contributed by atoms with Gasteiger partial charge in [-0.3, -0.25) is 14.9 Å². The van der Waals surface area contributed by atoms with Crippen LogP contribution in [-0.2, 0) is 16.9 Å². The number of imidazole rings is 1. The lowest BCUT2D eigenvalue weighted by molar-refractivity contribution is -0.126. The van der Waals surface area contributed by atoms with Crippen molar-refractivity contribution in [3.8, 4) is 10.6 Å². The van der Waals surface area contributed by atoms with E-state index in [0.717, 1.165) is 28.8 Å². The van der Waals surface area contributed by atoms with Crippen LogP contribution in [0.15, 0.2) is 53.6 Å². The highest BCUT2D eigenvalue weighted by Crippen LogP contribution is 2.31. The van der Waals surface area contributed by atoms with Gasteiger partial charge in [-0.15, -0.1) is 11.3 Å². The van der Waals surface area contributed by atoms with Crippen molar-refractivity contribution < 1.29 is 19.1 Å². The Labute approximate surface area is 218 Å². The second-order valence-electron chi connectivity index (χ2n) is 9.70. The second kappa shape index (κ2) is 9.60. The van der Waals surface area contributed by atoms with E-state index in [4.69, 9.17) is 9.40 Å². The van der Waals surface area contributed by atoms with Crippen LogP contribution in [0.3, 0.4) is 0 Å². The van der Waals surface area contributed by atoms with Crippen LogP contribution >= 0.6 is 11.3 Å². The summed E-state index contributed by atoms with van der Waals surface area (Å²) in [5.74, 6) is 1.16. The SMILES string of the molecule is C=CC(=O)N1CCC[C@@H]1Cn1c(NC(=O)c2ccc(-c3cnc(C)o3)s2)nc2cc(C(C)(C)O)ccc21. The van der Waals surface area contributed by atoms with Crippen LogP contribution < -0.4 is 5.32 Å². The summed E-state index contributed by atoms with van der Waals surface area (Å²) in [5, 5.41) is 13.5. The molecule has 0 spiro atoms. The van der Waals surface area contributed by atoms with E-state index in [1.807, 2.05) is 33.7 Å². The van der Waals surface area contributed by atoms with E-state index in [1.165, 1.54) is 17.4 Å². The van der Waals surface area contributed by atoms with Gasteiger partial charge in [0.1, 0.15) is 0 Å². The Morgan fingerprint density at radius 3 is 2.84 bits per heavy atom. The van der Waals surface area contributed by atoms with Crippen LogP contribution in [0.4, 0.5) is 5.95 Å². The van der Waals surface area contributed by atoms with Crippen molar-refractivity contribution in [2.24, 2.45) is 0 Å². The molecular weight excluding hydrogens is 490 g/mol. The fourth-order valence-electron chi connectivity index (χ4n) is 4.66. The molecule has 1 saturated heterocycles. The van der Waals surface area contributed by atoms with Gasteiger partial charge in [-0.05, 0) is 62.6 Å². The number of thiophene rings is 1. The van der Waals surface area contributed by atoms with Gasteiger partial charge < -0.3 is 19.0 Å². The molecule has 192 valence electrons. The van der Waals surface area contributed by atoms with Crippen molar-refractivity contribution in [1.82, 2.24) is 19.4 Å². The van der Waals surface area contributed by atoms with Gasteiger partial charge in [0.15, 0.2) is 11.7 Å². The Morgan fingerprint density at radius 2 is 2.14 bits per heavy atom. The van der Waals surface area contributed by atoms with E-state index in [9.17, 15) is 14.7 Å². The maximum Gasteiger partial charge on any atom is 0.268 e. The number of amides is 2. The van der Waals surface area contributed by atoms with Crippen molar-refractivity contribution in [2.75, 3.05) is 11.9 Å². The summed E-state index contributed by atoms with van der Waals surface area (Å²) in [6.45, 7) is 9.99. The zero-order valence-electron chi connectivity index (χ0n) is 21.0. The molecule has 9 nitrogen and oxygen atoms in total. The van der Waals surface area contributed by atoms with Crippen LogP contribution in [-0.4, -0.2) is 48.9 Å². The number of rotatable bonds is 7. The number of carbonyl (C=O) groups excluding carboxylic acids is 2. The predicted molar refractivity (Wildman–Crippen MR) is 142 cm³/mol. The number of nitrogens with one attached hydrogen (secondary N) is 1. The van der Waals surface area contributed by atoms with Crippen molar-refractivity contribution in [3.05, 3.63) is 65.5 Å². The zero-order valence-corrected chi connectivity index (χ0v) is 21.8. The number of oxazole rings is 1. The molecule has 0 saturated carbocycles. The molecule has 2 N–H and O–H groups in total. The van der Waals surface area contributed by atoms with Crippen LogP contribution in [0.2, 0.25) is 0 Å². The first-order valence-corrected chi connectivity index (χ1v) is 13.0. The van der Waals surface area contributed by atoms with Crippen molar-refractivity contribution in [3.63, 3.8) is 0 Å². The first kappa shape index (κ1) is 24.9. The number of carbonyl (C=O) groups is 2. The summed E-state index contributed by atoms with van der Waals surface area (Å²) >= 11 is 1.31. The quantitative estimate of drug-likeness (QED) is 0.342. The number of aryl methyl sites for hydroxylation is 1. The van der Waals surface area contributed by atoms with E-state index >= 15 is 0 Å². The summed E-state index contributed by atoms with van der Waals surface area (Å²) in [4.78, 5) is 37.6. The summed E-state index contributed by atoms with van der Waals surface area (Å²) in [6, 6.07) is 9.12. The van der Waals surface area contributed by atoms with Gasteiger partial charge >= 0.3 is 0 Å². The number of hydrogen-bond acceptors (Lipinski definition) is 7. The first-order valence-electron chi connectivity index (χ1n) is 12.1. The molecule has 0 radical (unpaired) electrons. The summed E-state index contributed by atoms with van der Waals surface area (Å²) in [6.07, 6.45) is 4.73. The van der Waals surface area contributed by atoms with E-state index in [2.05, 4.69) is 16.9 Å². The normalized spacial score (nSPS) is 15.9. The molecule has 0 unspecified atom stereocenters. The first-order chi connectivity index (χ1) is 17.6. The minimum atomic E-state index is -1.04. The lowest BCUT2D eigenvalue weighted by atomic mass is 9.98. The van der Waals surface area contributed by atoms with Gasteiger partial charge in [0.2, 0.25) is 11.9 Å². The molecular formula is C27H29N5O4S. The summed E-state index contributed by atoms with van der Waals surface area (Å²) in [7, 11) is 0. The molecule has 3 aromatic heterocycles. The molecule has 1 aromatic carbocycles. The molecule has 5 rings (SSSR count). The number of aliphatic hydroxyl groups is 1. The number of fused-ring (bicyclic) bond motifs is 1. The average Bonchev–Trinajstić information content (AvgIpc) is 3.65. The predicted octanol–water partition coefficient (Wildman–Crippen LogP) is 4.72. The monoisotopic (exact) mass is 519 g/mol. The third kappa shape index (κ3) is 4.94. The van der Waals surface area contributed by atoms with Crippen LogP contribution in [0.5, 0.6) is 0 Å². The third-order valence-electron chi connectivity index (χ3n) is 6.60. The Bertz CT molecular complexity index is 1490. The minimum absolute atomic E-state index is 0.0458. The van der Waals surface area contributed by atoms with Crippen molar-refractivity contribution >= 4 is 40.1 Å². The lowest BCUT2D eigenvalue weighted by Gasteiger charge is -2.25. The summed E-state index contributed by atoms with van der Waals surface area (Å²) < 4.78 is 7.52. The van der Waals surface area contributed by atoms with E-state index in [-0.39, 0.29) is 17.9 Å². The Hall–Kier alpha value is -3.76. The standard InChI is InChI=1S/C27H29N5O4S/c1-5-24(33)31-12-6-7-18(31)15-32-20-9-8-17(27(3,4)35)13-19(20)29-26(32)30-25(34)23-11-10-22(37-23)21-14-28-16(2)36-21/h5,8-11,13-14,18,35H,1,6-7,12,15H2,2-4H3,(H,29,30,34)/t18-/m1/s1. The molecule has 1 atom stereocenters. The molecule has 4 heterocycles. The molecule has 1 aliphatic rings. The maximum atomic E-state index is 13.3. The Morgan fingerprint density at radius 1 is 1.32 bits per heavy atom. The molecule has 1 aliphatic heterocycles. The van der Waals surface area contributed by atoms with E-state index in [1.54, 1.807) is 33.0 Å². The fourth-order valence-corrected chi connectivity index (χ4v) is 5.51. The number of benzene rings is 1. The zero-order chi connectivity index (χ0) is 26.3. The number of likely N-dealkylation sites (tertiary alicyclic amines) is 1. The Kier molecular flexibility index (Phi) is 6.47. The fraction of sp³-hybridized carbons (Fsp3) is 0.333. The van der Waals surface area contributed by atoms with Gasteiger partial charge in [0.25, 0.3) is 5.91 Å². The van der Waals surface area contributed by atoms with Gasteiger partial charge in [-0.1, -0.05) is 12.6 Å². The smallest absolute Gasteiger partial charge is 0.268 e. The Balaban J connectivity index is 1.49. The van der Waals surface area contributed by atoms with Gasteiger partial charge in [-0.25, -0.2) is 9.97 Å². The number of nitrogens with zero attached hydrogens (tertiary/aromatic N) is 4. The second-order valence-corrected chi connectivity index (χ2v) is 10.8. The average molecular weight is 520 g/mol. The van der Waals surface area contributed by atoms with Crippen LogP contribution in [0.25, 0.3) is 21.7 Å². The molecule has 37 heavy (non-hydrogen) atoms. The van der Waals surface area contributed by atoms with Crippen molar-refractivity contribution in [2.45, 2.75) is 51.8 Å². The highest BCUT2D eigenvalue weighted by atomic mass is 32.1. The van der Waals surface area contributed by atoms with E-state index in [0.29, 0.717) is 41.1 Å². The van der Waals surface area contributed by atoms with Crippen LogP contribution in [0, 0.1) is 6.92 Å². The highest BCUT2D eigenvalue weighted by molar-refractivity contribution is 7.17. The summed E-state index contributed by atoms with van der Waals surface area (Å²) in [5.41, 5.74) is 1.15. The number of anilines is 1. The topological polar surface area (TPSA) is 113 Å². The largest absolute Gasteiger partial charge is 0.440 e. The van der Waals surface area contributed by atoms with E-state index < -0.39 is 5.60 Å². The molecule has 1 fully saturated rings. The molecule has 2 amide bonds. The molecule has 0 bridgehead atoms. The minimum Gasteiger partial charge on any atom is -0.440 e. The molecule has 4 aromatic rings. The van der Waals surface area contributed by atoms with Crippen LogP contribution in [0.1, 0.15) is 47.8 Å². The van der Waals surface area contributed by atoms with Crippen molar-refractivity contribution in [1.29, 1.82) is 0 Å². The third-order valence-corrected chi connectivity index (χ3v) is 7.70. The van der Waals surface area contributed by atoms with Gasteiger partial charge in [-0.2, -0.15) is 0 Å². The maximum absolute atomic E-state index is 13.3. The molecule has 10 heteroatoms. The number of aromatic nitrogens is 3. The highest BCUT2D eigenvalue weighted by Gasteiger charge is 2.29. The van der Waals surface area contributed by atoms with Gasteiger partial charge in [0, 0.05) is 20.0 Å². The lowest BCUT2D eigenvalue weighted by Crippen LogP contribution is -2.37. The molecule has 0 aliphatic carbocycles.